The third kappa shape index (κ3) is 3.97. The highest BCUT2D eigenvalue weighted by molar-refractivity contribution is 7.91. The van der Waals surface area contributed by atoms with Crippen molar-refractivity contribution in [3.8, 4) is 11.1 Å². The van der Waals surface area contributed by atoms with Crippen LogP contribution in [0.5, 0.6) is 0 Å². The van der Waals surface area contributed by atoms with Gasteiger partial charge < -0.3 is 5.11 Å². The number of halogens is 3. The van der Waals surface area contributed by atoms with Gasteiger partial charge in [-0.3, -0.25) is 9.36 Å². The molecule has 2 heterocycles. The van der Waals surface area contributed by atoms with E-state index in [1.165, 1.54) is 6.07 Å². The Morgan fingerprint density at radius 3 is 2.39 bits per heavy atom. The summed E-state index contributed by atoms with van der Waals surface area (Å²) < 4.78 is 67.5. The van der Waals surface area contributed by atoms with E-state index in [9.17, 15) is 36.3 Å². The smallest absolute Gasteiger partial charge is 0.416 e. The number of hydrogen-bond acceptors (Lipinski definition) is 4. The number of sulfone groups is 1. The zero-order valence-electron chi connectivity index (χ0n) is 18.5. The molecule has 0 bridgehead atoms. The molecule has 6 nitrogen and oxygen atoms in total. The van der Waals surface area contributed by atoms with E-state index in [-0.39, 0.29) is 23.1 Å². The number of fused-ring (bicyclic) bond motifs is 2. The van der Waals surface area contributed by atoms with Gasteiger partial charge in [0.05, 0.1) is 11.3 Å². The lowest BCUT2D eigenvalue weighted by Gasteiger charge is -2.18. The maximum absolute atomic E-state index is 13.5. The largest absolute Gasteiger partial charge is 0.480 e. The van der Waals surface area contributed by atoms with Crippen LogP contribution in [0.25, 0.3) is 21.9 Å². The highest BCUT2D eigenvalue weighted by Crippen LogP contribution is 2.40. The van der Waals surface area contributed by atoms with E-state index in [1.54, 1.807) is 12.1 Å². The van der Waals surface area contributed by atoms with Crippen LogP contribution in [-0.4, -0.2) is 29.8 Å². The number of pyridine rings is 1. The van der Waals surface area contributed by atoms with Gasteiger partial charge in [-0.15, -0.1) is 0 Å². The molecule has 36 heavy (non-hydrogen) atoms. The third-order valence-electron chi connectivity index (χ3n) is 6.30. The monoisotopic (exact) mass is 513 g/mol. The minimum absolute atomic E-state index is 0.0449. The fourth-order valence-corrected chi connectivity index (χ4v) is 6.69. The minimum Gasteiger partial charge on any atom is -0.480 e. The highest BCUT2D eigenvalue weighted by atomic mass is 32.2. The van der Waals surface area contributed by atoms with Gasteiger partial charge in [-0.1, -0.05) is 54.6 Å². The molecule has 1 unspecified atom stereocenters. The Hall–Kier alpha value is -3.92. The molecule has 10 heteroatoms. The fraction of sp³-hybridized carbons (Fsp3) is 0.154. The van der Waals surface area contributed by atoms with Crippen molar-refractivity contribution in [2.45, 2.75) is 23.7 Å². The van der Waals surface area contributed by atoms with Crippen molar-refractivity contribution in [2.75, 3.05) is 5.75 Å². The summed E-state index contributed by atoms with van der Waals surface area (Å²) in [5.74, 6) is -2.38. The number of carboxylic acids is 1. The van der Waals surface area contributed by atoms with Crippen molar-refractivity contribution in [1.82, 2.24) is 4.57 Å². The average molecular weight is 513 g/mol. The van der Waals surface area contributed by atoms with Crippen LogP contribution < -0.4 is 5.56 Å². The van der Waals surface area contributed by atoms with Crippen LogP contribution in [0.4, 0.5) is 13.2 Å². The van der Waals surface area contributed by atoms with Crippen molar-refractivity contribution in [2.24, 2.45) is 0 Å². The molecular weight excluding hydrogens is 495 g/mol. The number of carboxylic acid groups (broad SMARTS) is 1. The van der Waals surface area contributed by atoms with Gasteiger partial charge in [0.1, 0.15) is 11.1 Å². The Balaban J connectivity index is 1.84. The summed E-state index contributed by atoms with van der Waals surface area (Å²) in [5, 5.41) is 10.7. The summed E-state index contributed by atoms with van der Waals surface area (Å²) in [7, 11) is -4.31. The van der Waals surface area contributed by atoms with Gasteiger partial charge in [0.2, 0.25) is 0 Å². The molecule has 184 valence electrons. The molecule has 0 saturated heterocycles. The lowest BCUT2D eigenvalue weighted by molar-refractivity contribution is -0.140. The first-order valence-corrected chi connectivity index (χ1v) is 12.5. The van der Waals surface area contributed by atoms with Crippen molar-refractivity contribution in [1.29, 1.82) is 0 Å². The Bertz CT molecular complexity index is 1700. The molecule has 0 saturated carbocycles. The van der Waals surface area contributed by atoms with Crippen LogP contribution >= 0.6 is 0 Å². The van der Waals surface area contributed by atoms with Gasteiger partial charge in [-0.2, -0.15) is 13.2 Å². The summed E-state index contributed by atoms with van der Waals surface area (Å²) in [6, 6.07) is 16.5. The first-order valence-electron chi connectivity index (χ1n) is 10.9. The van der Waals surface area contributed by atoms with Gasteiger partial charge >= 0.3 is 12.1 Å². The molecule has 1 aliphatic heterocycles. The first-order chi connectivity index (χ1) is 17.0. The third-order valence-corrected chi connectivity index (χ3v) is 8.04. The van der Waals surface area contributed by atoms with Gasteiger partial charge in [0, 0.05) is 11.6 Å². The quantitative estimate of drug-likeness (QED) is 0.427. The zero-order valence-corrected chi connectivity index (χ0v) is 19.3. The Morgan fingerprint density at radius 1 is 0.972 bits per heavy atom. The molecule has 0 radical (unpaired) electrons. The topological polar surface area (TPSA) is 93.4 Å². The summed E-state index contributed by atoms with van der Waals surface area (Å²) in [5.41, 5.74) is -1.08. The molecular formula is C26H18F3NO5S. The molecule has 1 aliphatic rings. The number of aliphatic carboxylic acids is 1. The molecule has 1 aromatic heterocycles. The average Bonchev–Trinajstić information content (AvgIpc) is 3.11. The standard InChI is InChI=1S/C26H18F3NO5S/c27-26(28,29)19-9-4-8-17(12-19)23-18(11-16-7-3-6-15-5-1-2-10-20(15)16)13-22(31)30-21(25(32)33)14-36(34,35)24(23)30/h1-10,12-13,21H,11,14H2,(H,32,33). The van der Waals surface area contributed by atoms with Gasteiger partial charge in [-0.25, -0.2) is 13.2 Å². The lowest BCUT2D eigenvalue weighted by atomic mass is 9.93. The predicted molar refractivity (Wildman–Crippen MR) is 127 cm³/mol. The van der Waals surface area contributed by atoms with Crippen molar-refractivity contribution in [3.05, 3.63) is 99.8 Å². The number of nitrogens with zero attached hydrogens (tertiary/aromatic N) is 1. The fourth-order valence-electron chi connectivity index (χ4n) is 4.74. The SMILES string of the molecule is O=C(O)C1CS(=O)(=O)c2c(-c3cccc(C(F)(F)F)c3)c(Cc3cccc4ccccc34)cc(=O)n21. The number of alkyl halides is 3. The Morgan fingerprint density at radius 2 is 1.67 bits per heavy atom. The van der Waals surface area contributed by atoms with Crippen LogP contribution in [0.15, 0.2) is 82.6 Å². The molecule has 0 spiro atoms. The van der Waals surface area contributed by atoms with Crippen LogP contribution in [0, 0.1) is 0 Å². The second kappa shape index (κ2) is 8.34. The number of carbonyl (C=O) groups is 1. The molecule has 4 aromatic rings. The van der Waals surface area contributed by atoms with Crippen molar-refractivity contribution >= 4 is 26.6 Å². The molecule has 0 aliphatic carbocycles. The second-order valence-corrected chi connectivity index (χ2v) is 10.5. The van der Waals surface area contributed by atoms with Gasteiger partial charge in [-0.05, 0) is 46.0 Å². The Labute approximate surface area is 203 Å². The molecule has 1 atom stereocenters. The lowest BCUT2D eigenvalue weighted by Crippen LogP contribution is -2.29. The molecule has 0 amide bonds. The van der Waals surface area contributed by atoms with Crippen molar-refractivity contribution < 1.29 is 31.5 Å². The van der Waals surface area contributed by atoms with Gasteiger partial charge in [0.15, 0.2) is 9.84 Å². The highest BCUT2D eigenvalue weighted by Gasteiger charge is 2.43. The van der Waals surface area contributed by atoms with E-state index in [2.05, 4.69) is 0 Å². The molecule has 3 aromatic carbocycles. The maximum Gasteiger partial charge on any atom is 0.416 e. The number of hydrogen-bond donors (Lipinski definition) is 1. The summed E-state index contributed by atoms with van der Waals surface area (Å²) in [6.45, 7) is 0. The van der Waals surface area contributed by atoms with Crippen LogP contribution in [0.1, 0.15) is 22.7 Å². The molecule has 5 rings (SSSR count). The van der Waals surface area contributed by atoms with E-state index < -0.39 is 49.9 Å². The van der Waals surface area contributed by atoms with E-state index in [0.29, 0.717) is 4.57 Å². The van der Waals surface area contributed by atoms with Crippen molar-refractivity contribution in [3.63, 3.8) is 0 Å². The zero-order chi connectivity index (χ0) is 25.8. The van der Waals surface area contributed by atoms with E-state index in [0.717, 1.165) is 40.6 Å². The summed E-state index contributed by atoms with van der Waals surface area (Å²) >= 11 is 0. The Kier molecular flexibility index (Phi) is 5.51. The second-order valence-electron chi connectivity index (χ2n) is 8.59. The number of benzene rings is 3. The van der Waals surface area contributed by atoms with Crippen LogP contribution in [0.2, 0.25) is 0 Å². The predicted octanol–water partition coefficient (Wildman–Crippen LogP) is 4.69. The van der Waals surface area contributed by atoms with E-state index in [1.807, 2.05) is 30.3 Å². The van der Waals surface area contributed by atoms with E-state index >= 15 is 0 Å². The maximum atomic E-state index is 13.5. The van der Waals surface area contributed by atoms with Crippen LogP contribution in [0.3, 0.4) is 0 Å². The minimum atomic E-state index is -4.69. The van der Waals surface area contributed by atoms with Crippen LogP contribution in [-0.2, 0) is 27.2 Å². The summed E-state index contributed by atoms with van der Waals surface area (Å²) in [6.07, 6.45) is -4.65. The first kappa shape index (κ1) is 23.8. The summed E-state index contributed by atoms with van der Waals surface area (Å²) in [4.78, 5) is 24.8. The van der Waals surface area contributed by atoms with Gasteiger partial charge in [0.25, 0.3) is 5.56 Å². The molecule has 1 N–H and O–H groups in total. The number of rotatable bonds is 4. The normalized spacial score (nSPS) is 16.7. The van der Waals surface area contributed by atoms with E-state index in [4.69, 9.17) is 0 Å². The number of aromatic nitrogens is 1. The molecule has 0 fully saturated rings.